The van der Waals surface area contributed by atoms with E-state index in [1.807, 2.05) is 23.2 Å². The average molecular weight is 423 g/mol. The molecule has 4 rings (SSSR count). The molecule has 2 aromatic heterocycles. The molecule has 120 valence electrons. The van der Waals surface area contributed by atoms with Gasteiger partial charge in [0, 0.05) is 32.9 Å². The fourth-order valence-corrected chi connectivity index (χ4v) is 8.15. The molecule has 0 aliphatic heterocycles. The van der Waals surface area contributed by atoms with E-state index in [1.54, 1.807) is 65.8 Å². The Balaban J connectivity index is 1.59. The third-order valence-electron chi connectivity index (χ3n) is 3.07. The Morgan fingerprint density at radius 2 is 1.12 bits per heavy atom. The minimum absolute atomic E-state index is 1.09. The molecule has 0 spiro atoms. The molecule has 0 N–H and O–H groups in total. The molecule has 2 nitrogen and oxygen atoms in total. The van der Waals surface area contributed by atoms with E-state index >= 15 is 0 Å². The van der Waals surface area contributed by atoms with E-state index < -0.39 is 0 Å². The van der Waals surface area contributed by atoms with Gasteiger partial charge in [0.15, 0.2) is 8.68 Å². The SMILES string of the molecule is c1ccc2c(SSc3nccs3)ccc(SSc3nccs3)c2c1. The van der Waals surface area contributed by atoms with Gasteiger partial charge in [0.25, 0.3) is 0 Å². The lowest BCUT2D eigenvalue weighted by atomic mass is 10.1. The highest BCUT2D eigenvalue weighted by atomic mass is 33.1. The van der Waals surface area contributed by atoms with Crippen molar-refractivity contribution in [1.82, 2.24) is 9.97 Å². The summed E-state index contributed by atoms with van der Waals surface area (Å²) in [6.45, 7) is 0. The fraction of sp³-hybridized carbons (Fsp3) is 0. The van der Waals surface area contributed by atoms with Crippen LogP contribution < -0.4 is 0 Å². The van der Waals surface area contributed by atoms with Gasteiger partial charge in [0.1, 0.15) is 0 Å². The zero-order valence-corrected chi connectivity index (χ0v) is 17.0. The summed E-state index contributed by atoms with van der Waals surface area (Å²) in [5, 5.41) is 6.60. The van der Waals surface area contributed by atoms with Gasteiger partial charge >= 0.3 is 0 Å². The Hall–Kier alpha value is -0.640. The number of aromatic nitrogens is 2. The number of rotatable bonds is 6. The lowest BCUT2D eigenvalue weighted by molar-refractivity contribution is 1.26. The molecule has 2 aromatic carbocycles. The molecular weight excluding hydrogens is 413 g/mol. The molecule has 0 radical (unpaired) electrons. The molecule has 0 fully saturated rings. The van der Waals surface area contributed by atoms with E-state index in [4.69, 9.17) is 0 Å². The van der Waals surface area contributed by atoms with Crippen LogP contribution in [0.25, 0.3) is 10.8 Å². The van der Waals surface area contributed by atoms with Crippen molar-refractivity contribution < 1.29 is 0 Å². The predicted molar refractivity (Wildman–Crippen MR) is 112 cm³/mol. The second kappa shape index (κ2) is 8.16. The number of fused-ring (bicyclic) bond motifs is 1. The van der Waals surface area contributed by atoms with Crippen LogP contribution in [0.15, 0.2) is 78.0 Å². The first kappa shape index (κ1) is 16.8. The van der Waals surface area contributed by atoms with E-state index in [1.165, 1.54) is 20.6 Å². The summed E-state index contributed by atoms with van der Waals surface area (Å²) in [5.74, 6) is 0. The maximum Gasteiger partial charge on any atom is 0.160 e. The first-order valence-corrected chi connectivity index (χ1v) is 13.0. The standard InChI is InChI=1S/C16H10N2S6/c1-2-4-12-11(3-1)13(21-23-15-17-7-9-19-15)5-6-14(12)22-24-16-18-8-10-20-16/h1-10H. The Bertz CT molecular complexity index is 844. The van der Waals surface area contributed by atoms with Gasteiger partial charge in [-0.05, 0) is 66.1 Å². The smallest absolute Gasteiger partial charge is 0.160 e. The van der Waals surface area contributed by atoms with Gasteiger partial charge < -0.3 is 0 Å². The number of nitrogens with zero attached hydrogens (tertiary/aromatic N) is 2. The van der Waals surface area contributed by atoms with E-state index in [0.717, 1.165) is 8.68 Å². The van der Waals surface area contributed by atoms with E-state index in [9.17, 15) is 0 Å². The highest BCUT2D eigenvalue weighted by Gasteiger charge is 2.09. The van der Waals surface area contributed by atoms with E-state index in [2.05, 4.69) is 46.4 Å². The first-order chi connectivity index (χ1) is 11.9. The molecule has 0 unspecified atom stereocenters. The average Bonchev–Trinajstić information content (AvgIpc) is 3.32. The van der Waals surface area contributed by atoms with Crippen molar-refractivity contribution in [2.24, 2.45) is 0 Å². The van der Waals surface area contributed by atoms with Crippen LogP contribution >= 0.6 is 65.8 Å². The van der Waals surface area contributed by atoms with Crippen molar-refractivity contribution in [2.75, 3.05) is 0 Å². The maximum atomic E-state index is 4.33. The van der Waals surface area contributed by atoms with Gasteiger partial charge in [-0.15, -0.1) is 22.7 Å². The van der Waals surface area contributed by atoms with Gasteiger partial charge in [-0.2, -0.15) is 0 Å². The minimum Gasteiger partial charge on any atom is -0.237 e. The van der Waals surface area contributed by atoms with Gasteiger partial charge in [0.05, 0.1) is 0 Å². The number of hydrogen-bond acceptors (Lipinski definition) is 8. The number of hydrogen-bond donors (Lipinski definition) is 0. The Kier molecular flexibility index (Phi) is 5.71. The second-order valence-electron chi connectivity index (χ2n) is 4.54. The van der Waals surface area contributed by atoms with Crippen molar-refractivity contribution >= 4 is 76.6 Å². The largest absolute Gasteiger partial charge is 0.237 e. The summed E-state index contributed by atoms with van der Waals surface area (Å²) >= 11 is 3.35. The van der Waals surface area contributed by atoms with Crippen molar-refractivity contribution in [1.29, 1.82) is 0 Å². The third kappa shape index (κ3) is 3.95. The van der Waals surface area contributed by atoms with E-state index in [-0.39, 0.29) is 0 Å². The van der Waals surface area contributed by atoms with Crippen molar-refractivity contribution in [2.45, 2.75) is 18.5 Å². The Morgan fingerprint density at radius 3 is 1.54 bits per heavy atom. The van der Waals surface area contributed by atoms with Crippen LogP contribution in [0.1, 0.15) is 0 Å². The molecule has 0 aliphatic rings. The monoisotopic (exact) mass is 422 g/mol. The maximum absolute atomic E-state index is 4.33. The van der Waals surface area contributed by atoms with Crippen LogP contribution in [0, 0.1) is 0 Å². The minimum atomic E-state index is 1.09. The molecule has 0 bridgehead atoms. The molecule has 2 heterocycles. The molecule has 0 saturated heterocycles. The molecule has 0 atom stereocenters. The molecule has 24 heavy (non-hydrogen) atoms. The van der Waals surface area contributed by atoms with Gasteiger partial charge in [-0.25, -0.2) is 9.97 Å². The zero-order valence-electron chi connectivity index (χ0n) is 12.1. The summed E-state index contributed by atoms with van der Waals surface area (Å²) in [5.41, 5.74) is 0. The summed E-state index contributed by atoms with van der Waals surface area (Å²) in [7, 11) is 6.97. The Morgan fingerprint density at radius 1 is 0.625 bits per heavy atom. The van der Waals surface area contributed by atoms with Gasteiger partial charge in [-0.3, -0.25) is 0 Å². The van der Waals surface area contributed by atoms with Crippen LogP contribution in [0.4, 0.5) is 0 Å². The van der Waals surface area contributed by atoms with Crippen LogP contribution in [0.5, 0.6) is 0 Å². The molecule has 8 heteroatoms. The van der Waals surface area contributed by atoms with Crippen LogP contribution in [-0.4, -0.2) is 9.97 Å². The predicted octanol–water partition coefficient (Wildman–Crippen LogP) is 7.35. The lowest BCUT2D eigenvalue weighted by Gasteiger charge is -2.09. The first-order valence-electron chi connectivity index (χ1n) is 6.90. The number of thiazole rings is 2. The summed E-state index contributed by atoms with van der Waals surface area (Å²) in [6.07, 6.45) is 3.70. The van der Waals surface area contributed by atoms with E-state index in [0.29, 0.717) is 0 Å². The van der Waals surface area contributed by atoms with Gasteiger partial charge in [0.2, 0.25) is 0 Å². The van der Waals surface area contributed by atoms with Gasteiger partial charge in [-0.1, -0.05) is 24.3 Å². The zero-order chi connectivity index (χ0) is 16.2. The van der Waals surface area contributed by atoms with Crippen molar-refractivity contribution in [3.05, 3.63) is 59.6 Å². The van der Waals surface area contributed by atoms with Crippen LogP contribution in [0.2, 0.25) is 0 Å². The van der Waals surface area contributed by atoms with Crippen molar-refractivity contribution in [3.8, 4) is 0 Å². The molecule has 0 amide bonds. The fourth-order valence-electron chi connectivity index (χ4n) is 2.05. The molecule has 4 aromatic rings. The van der Waals surface area contributed by atoms with Crippen molar-refractivity contribution in [3.63, 3.8) is 0 Å². The van der Waals surface area contributed by atoms with Crippen LogP contribution in [-0.2, 0) is 0 Å². The molecule has 0 saturated carbocycles. The normalized spacial score (nSPS) is 11.2. The Labute approximate surface area is 163 Å². The number of benzene rings is 2. The highest BCUT2D eigenvalue weighted by molar-refractivity contribution is 8.77. The summed E-state index contributed by atoms with van der Waals surface area (Å²) < 4.78 is 2.17. The molecule has 0 aliphatic carbocycles. The lowest BCUT2D eigenvalue weighted by Crippen LogP contribution is -1.80. The van der Waals surface area contributed by atoms with Crippen LogP contribution in [0.3, 0.4) is 0 Å². The second-order valence-corrected chi connectivity index (χ2v) is 11.2. The summed E-state index contributed by atoms with van der Waals surface area (Å²) in [4.78, 5) is 11.2. The summed E-state index contributed by atoms with van der Waals surface area (Å²) in [6, 6.07) is 13.0. The quantitative estimate of drug-likeness (QED) is 0.301. The topological polar surface area (TPSA) is 25.8 Å². The third-order valence-corrected chi connectivity index (χ3v) is 10.2. The highest BCUT2D eigenvalue weighted by Crippen LogP contribution is 2.46. The molecular formula is C16H10N2S6.